The van der Waals surface area contributed by atoms with Crippen LogP contribution in [0.1, 0.15) is 0 Å². The van der Waals surface area contributed by atoms with Gasteiger partial charge >= 0.3 is 59.1 Å². The van der Waals surface area contributed by atoms with Crippen LogP contribution in [-0.4, -0.2) is 90.1 Å². The number of carbonyl (C=O) groups is 1. The third-order valence-corrected chi connectivity index (χ3v) is 3.57. The molecule has 0 aromatic carbocycles. The summed E-state index contributed by atoms with van der Waals surface area (Å²) in [5.74, 6) is -1.83. The smallest absolute Gasteiger partial charge is 0.790 e. The first-order chi connectivity index (χ1) is 9.67. The molecule has 0 aromatic heterocycles. The first kappa shape index (κ1) is 29.6. The molecule has 0 aliphatic carbocycles. The maximum Gasteiger partial charge on any atom is 1.00 e. The van der Waals surface area contributed by atoms with Crippen molar-refractivity contribution in [1.29, 1.82) is 0 Å². The van der Waals surface area contributed by atoms with Crippen LogP contribution in [0.4, 0.5) is 0 Å². The van der Waals surface area contributed by atoms with Crippen LogP contribution in [0.25, 0.3) is 0 Å². The third-order valence-electron chi connectivity index (χ3n) is 2.76. The summed E-state index contributed by atoms with van der Waals surface area (Å²) < 4.78 is -0.197. The maximum atomic E-state index is 10.9. The first-order valence-corrected chi connectivity index (χ1v) is 7.22. The molecule has 0 aliphatic heterocycles. The van der Waals surface area contributed by atoms with E-state index in [1.807, 2.05) is 0 Å². The van der Waals surface area contributed by atoms with Gasteiger partial charge in [0.15, 0.2) is 0 Å². The van der Waals surface area contributed by atoms with E-state index in [-0.39, 0.29) is 69.2 Å². The fourth-order valence-corrected chi connectivity index (χ4v) is 2.24. The van der Waals surface area contributed by atoms with Gasteiger partial charge in [-0.05, 0) is 0 Å². The van der Waals surface area contributed by atoms with Gasteiger partial charge in [-0.1, -0.05) is 12.2 Å². The molecule has 0 rings (SSSR count). The van der Waals surface area contributed by atoms with E-state index in [1.165, 1.54) is 0 Å². The number of carbonyl (C=O) groups excluding carboxylic acids is 1. The van der Waals surface area contributed by atoms with Crippen molar-refractivity contribution in [2.75, 3.05) is 18.9 Å². The monoisotopic (exact) mass is 405 g/mol. The Labute approximate surface area is 194 Å². The van der Waals surface area contributed by atoms with Crippen LogP contribution in [-0.2, 0) is 17.4 Å². The molecule has 0 aliphatic rings. The largest absolute Gasteiger partial charge is 1.00 e. The van der Waals surface area contributed by atoms with E-state index in [0.29, 0.717) is 0 Å². The van der Waals surface area contributed by atoms with Crippen molar-refractivity contribution in [2.45, 2.75) is 30.5 Å². The SMILES string of the molecule is O=C([O-])[C@H](C[S-])N(CC(O)C(O)C(O)C(O)CO)C(=S)S.[Na+].[Na+]. The van der Waals surface area contributed by atoms with Crippen molar-refractivity contribution in [2.24, 2.45) is 0 Å². The number of carboxylic acids is 1. The maximum absolute atomic E-state index is 10.9. The molecule has 0 fully saturated rings. The number of rotatable bonds is 9. The molecule has 0 heterocycles. The second-order valence-corrected chi connectivity index (χ2v) is 5.68. The summed E-state index contributed by atoms with van der Waals surface area (Å²) in [6.45, 7) is -1.33. The van der Waals surface area contributed by atoms with Gasteiger partial charge < -0.3 is 53.0 Å². The van der Waals surface area contributed by atoms with Gasteiger partial charge in [0.1, 0.15) is 28.7 Å². The quantitative estimate of drug-likeness (QED) is 0.0947. The zero-order valence-electron chi connectivity index (χ0n) is 12.8. The van der Waals surface area contributed by atoms with Gasteiger partial charge in [-0.25, -0.2) is 0 Å². The summed E-state index contributed by atoms with van der Waals surface area (Å²) in [4.78, 5) is 11.9. The van der Waals surface area contributed by atoms with E-state index in [0.717, 1.165) is 4.90 Å². The number of hydrogen-bond acceptors (Lipinski definition) is 9. The Balaban J connectivity index is -0.00000200. The van der Waals surface area contributed by atoms with Gasteiger partial charge in [0.25, 0.3) is 0 Å². The summed E-state index contributed by atoms with van der Waals surface area (Å²) in [6, 6.07) is -1.34. The second kappa shape index (κ2) is 15.0. The molecule has 13 heteroatoms. The van der Waals surface area contributed by atoms with Crippen molar-refractivity contribution >= 4 is 47.8 Å². The van der Waals surface area contributed by atoms with Crippen molar-refractivity contribution in [3.8, 4) is 0 Å². The molecule has 5 atom stereocenters. The number of thiol groups is 1. The minimum Gasteiger partial charge on any atom is -0.790 e. The van der Waals surface area contributed by atoms with Gasteiger partial charge in [0.2, 0.25) is 0 Å². The number of hydrogen-bond donors (Lipinski definition) is 6. The molecule has 0 saturated carbocycles. The molecule has 124 valence electrons. The predicted molar refractivity (Wildman–Crippen MR) is 80.4 cm³/mol. The van der Waals surface area contributed by atoms with Crippen LogP contribution in [0, 0.1) is 0 Å². The molecule has 0 saturated heterocycles. The van der Waals surface area contributed by atoms with Crippen LogP contribution >= 0.6 is 24.8 Å². The topological polar surface area (TPSA) is 145 Å². The Morgan fingerprint density at radius 3 is 1.91 bits per heavy atom. The number of aliphatic hydroxyl groups is 5. The average Bonchev–Trinajstić information content (AvgIpc) is 2.43. The number of carboxylic acid groups (broad SMARTS) is 1. The summed E-state index contributed by atoms with van der Waals surface area (Å²) in [7, 11) is 0. The molecular formula is C10H17NNa2O7S3. The van der Waals surface area contributed by atoms with Gasteiger partial charge in [0.05, 0.1) is 12.6 Å². The Hall–Kier alpha value is 1.86. The molecule has 0 radical (unpaired) electrons. The number of aliphatic hydroxyl groups excluding tert-OH is 5. The van der Waals surface area contributed by atoms with Crippen molar-refractivity contribution in [3.05, 3.63) is 0 Å². The Morgan fingerprint density at radius 1 is 1.17 bits per heavy atom. The van der Waals surface area contributed by atoms with Gasteiger partial charge in [-0.2, -0.15) is 5.75 Å². The minimum atomic E-state index is -1.84. The molecule has 0 aromatic rings. The molecular weight excluding hydrogens is 388 g/mol. The van der Waals surface area contributed by atoms with E-state index in [9.17, 15) is 30.3 Å². The molecule has 8 nitrogen and oxygen atoms in total. The van der Waals surface area contributed by atoms with Crippen molar-refractivity contribution in [1.82, 2.24) is 4.90 Å². The Kier molecular flexibility index (Phi) is 19.3. The summed E-state index contributed by atoms with van der Waals surface area (Å²) in [5, 5.41) is 57.7. The van der Waals surface area contributed by atoms with Crippen molar-refractivity contribution < 1.29 is 94.5 Å². The van der Waals surface area contributed by atoms with E-state index in [1.54, 1.807) is 0 Å². The summed E-state index contributed by atoms with van der Waals surface area (Å²) >= 11 is 13.2. The number of nitrogens with zero attached hydrogens (tertiary/aromatic N) is 1. The fourth-order valence-electron chi connectivity index (χ4n) is 1.50. The molecule has 0 spiro atoms. The Bertz CT molecular complexity index is 369. The molecule has 23 heavy (non-hydrogen) atoms. The third kappa shape index (κ3) is 9.94. The molecule has 5 N–H and O–H groups in total. The van der Waals surface area contributed by atoms with Crippen LogP contribution < -0.4 is 64.2 Å². The Morgan fingerprint density at radius 2 is 1.61 bits per heavy atom. The predicted octanol–water partition coefficient (Wildman–Crippen LogP) is -10.4. The van der Waals surface area contributed by atoms with Gasteiger partial charge in [-0.15, -0.1) is 12.6 Å². The van der Waals surface area contributed by atoms with E-state index < -0.39 is 49.6 Å². The van der Waals surface area contributed by atoms with Crippen LogP contribution in [0.5, 0.6) is 0 Å². The van der Waals surface area contributed by atoms with Crippen LogP contribution in [0.3, 0.4) is 0 Å². The first-order valence-electron chi connectivity index (χ1n) is 5.79. The molecule has 0 amide bonds. The van der Waals surface area contributed by atoms with E-state index in [4.69, 9.17) is 17.3 Å². The minimum absolute atomic E-state index is 0. The normalized spacial score (nSPS) is 16.8. The fraction of sp³-hybridized carbons (Fsp3) is 0.800. The zero-order chi connectivity index (χ0) is 16.7. The number of thiocarbonyl (C=S) groups is 1. The zero-order valence-corrected chi connectivity index (χ0v) is 19.3. The van der Waals surface area contributed by atoms with E-state index in [2.05, 4.69) is 25.3 Å². The summed E-state index contributed by atoms with van der Waals surface area (Å²) in [5.41, 5.74) is 0. The standard InChI is InChI=1S/C10H19NO7S3.2Na/c12-2-6(14)8(16)7(15)5(13)1-11(10(20)21)4(3-19)9(17)18;;/h4-8,12-16,19H,1-3H2,(H,17,18)(H,20,21);;/q;2*+1/p-2/t4-,5?,6?,7?,8?;;/m0../s1. The van der Waals surface area contributed by atoms with Crippen LogP contribution in [0.15, 0.2) is 0 Å². The second-order valence-electron chi connectivity index (χ2n) is 4.23. The molecule has 0 bridgehead atoms. The van der Waals surface area contributed by atoms with Gasteiger partial charge in [-0.3, -0.25) is 0 Å². The average molecular weight is 405 g/mol. The molecule has 4 unspecified atom stereocenters. The van der Waals surface area contributed by atoms with Crippen LogP contribution in [0.2, 0.25) is 0 Å². The van der Waals surface area contributed by atoms with Crippen molar-refractivity contribution in [3.63, 3.8) is 0 Å². The van der Waals surface area contributed by atoms with E-state index >= 15 is 0 Å². The van der Waals surface area contributed by atoms with Gasteiger partial charge in [0, 0.05) is 12.6 Å². The number of aliphatic carboxylic acids is 1. The summed E-state index contributed by atoms with van der Waals surface area (Å²) in [6.07, 6.45) is -7.01.